The molecule has 1 unspecified atom stereocenters. The van der Waals surface area contributed by atoms with Gasteiger partial charge in [-0.3, -0.25) is 14.7 Å². The summed E-state index contributed by atoms with van der Waals surface area (Å²) in [5.41, 5.74) is 2.45. The lowest BCUT2D eigenvalue weighted by Crippen LogP contribution is -2.44. The van der Waals surface area contributed by atoms with Crippen LogP contribution in [0.5, 0.6) is 11.6 Å². The van der Waals surface area contributed by atoms with Crippen molar-refractivity contribution in [2.45, 2.75) is 58.5 Å². The fraction of sp³-hybridized carbons (Fsp3) is 0.370. The molecule has 190 valence electrons. The zero-order valence-electron chi connectivity index (χ0n) is 21.0. The number of carbonyl (C=O) groups excluding carboxylic acids is 2. The Kier molecular flexibility index (Phi) is 5.66. The van der Waals surface area contributed by atoms with Crippen molar-refractivity contribution in [1.82, 2.24) is 24.6 Å². The predicted octanol–water partition coefficient (Wildman–Crippen LogP) is 5.10. The van der Waals surface area contributed by atoms with E-state index in [2.05, 4.69) is 20.4 Å². The number of ether oxygens (including phenoxy) is 1. The topological polar surface area (TPSA) is 115 Å². The van der Waals surface area contributed by atoms with E-state index in [0.717, 1.165) is 40.8 Å². The van der Waals surface area contributed by atoms with Gasteiger partial charge < -0.3 is 14.2 Å². The number of rotatable bonds is 5. The highest BCUT2D eigenvalue weighted by Gasteiger charge is 2.31. The molecule has 37 heavy (non-hydrogen) atoms. The monoisotopic (exact) mass is 500 g/mol. The number of fused-ring (bicyclic) bond motifs is 2. The van der Waals surface area contributed by atoms with Crippen LogP contribution >= 0.6 is 0 Å². The number of carbonyl (C=O) groups is 2. The summed E-state index contributed by atoms with van der Waals surface area (Å²) in [7, 11) is 0. The largest absolute Gasteiger partial charge is 0.439 e. The van der Waals surface area contributed by atoms with Crippen LogP contribution in [0.25, 0.3) is 10.9 Å². The fourth-order valence-corrected chi connectivity index (χ4v) is 4.76. The van der Waals surface area contributed by atoms with Crippen LogP contribution in [0.4, 0.5) is 10.6 Å². The molecule has 10 heteroatoms. The Labute approximate surface area is 213 Å². The molecule has 1 N–H and O–H groups in total. The number of nitrogens with zero attached hydrogens (tertiary/aromatic N) is 5. The first kappa shape index (κ1) is 23.2. The molecule has 1 aliphatic heterocycles. The fourth-order valence-electron chi connectivity index (χ4n) is 4.76. The average molecular weight is 501 g/mol. The molecular formula is C27H28N6O4. The van der Waals surface area contributed by atoms with Crippen LogP contribution in [0.2, 0.25) is 0 Å². The van der Waals surface area contributed by atoms with Gasteiger partial charge in [-0.1, -0.05) is 19.0 Å². The molecule has 6 rings (SSSR count). The maximum absolute atomic E-state index is 12.9. The molecule has 0 radical (unpaired) electrons. The Balaban J connectivity index is 1.20. The SMILES string of the molecule is CC(C)C(=O)N1Cc2ncnc(Oc3ccc4c(ccn4C(=O)Nc4cc(C5CC5)on4)c3)c2CC1C. The highest BCUT2D eigenvalue weighted by atomic mass is 16.5. The first-order chi connectivity index (χ1) is 17.9. The van der Waals surface area contributed by atoms with Gasteiger partial charge in [-0.25, -0.2) is 14.8 Å². The number of amides is 2. The second kappa shape index (κ2) is 9.02. The van der Waals surface area contributed by atoms with Crippen LogP contribution < -0.4 is 10.1 Å². The minimum absolute atomic E-state index is 0.0239. The van der Waals surface area contributed by atoms with Crippen molar-refractivity contribution in [1.29, 1.82) is 0 Å². The number of nitrogens with one attached hydrogen (secondary N) is 1. The van der Waals surface area contributed by atoms with Gasteiger partial charge in [0.15, 0.2) is 5.82 Å². The normalized spacial score (nSPS) is 17.2. The molecule has 1 atom stereocenters. The summed E-state index contributed by atoms with van der Waals surface area (Å²) in [6.45, 7) is 6.29. The molecule has 0 saturated heterocycles. The molecule has 1 saturated carbocycles. The summed E-state index contributed by atoms with van der Waals surface area (Å²) in [5, 5.41) is 7.60. The molecule has 1 aromatic carbocycles. The van der Waals surface area contributed by atoms with Crippen molar-refractivity contribution in [3.05, 3.63) is 59.9 Å². The quantitative estimate of drug-likeness (QED) is 0.405. The molecule has 2 amide bonds. The second-order valence-electron chi connectivity index (χ2n) is 10.1. The van der Waals surface area contributed by atoms with Crippen molar-refractivity contribution in [2.24, 2.45) is 5.92 Å². The Morgan fingerprint density at radius 1 is 1.16 bits per heavy atom. The summed E-state index contributed by atoms with van der Waals surface area (Å²) >= 11 is 0. The molecular weight excluding hydrogens is 472 g/mol. The first-order valence-electron chi connectivity index (χ1n) is 12.6. The first-order valence-corrected chi connectivity index (χ1v) is 12.6. The van der Waals surface area contributed by atoms with E-state index in [1.165, 1.54) is 10.9 Å². The van der Waals surface area contributed by atoms with Crippen LogP contribution in [-0.4, -0.2) is 42.6 Å². The van der Waals surface area contributed by atoms with Crippen molar-refractivity contribution >= 4 is 28.7 Å². The lowest BCUT2D eigenvalue weighted by Gasteiger charge is -2.35. The van der Waals surface area contributed by atoms with E-state index in [1.807, 2.05) is 49.9 Å². The number of anilines is 1. The Bertz CT molecular complexity index is 1500. The number of aromatic nitrogens is 4. The molecule has 4 aromatic rings. The molecule has 10 nitrogen and oxygen atoms in total. The predicted molar refractivity (Wildman–Crippen MR) is 135 cm³/mol. The van der Waals surface area contributed by atoms with Gasteiger partial charge in [0.2, 0.25) is 11.8 Å². The lowest BCUT2D eigenvalue weighted by molar-refractivity contribution is -0.137. The maximum Gasteiger partial charge on any atom is 0.331 e. The smallest absolute Gasteiger partial charge is 0.331 e. The van der Waals surface area contributed by atoms with Gasteiger partial charge >= 0.3 is 6.03 Å². The minimum Gasteiger partial charge on any atom is -0.439 e. The minimum atomic E-state index is -0.321. The molecule has 2 aliphatic rings. The van der Waals surface area contributed by atoms with Crippen LogP contribution in [0.15, 0.2) is 47.4 Å². The molecule has 1 aliphatic carbocycles. The summed E-state index contributed by atoms with van der Waals surface area (Å²) in [4.78, 5) is 36.2. The zero-order chi connectivity index (χ0) is 25.7. The average Bonchev–Trinajstić information content (AvgIpc) is 3.48. The molecule has 3 aromatic heterocycles. The van der Waals surface area contributed by atoms with Crippen molar-refractivity contribution in [2.75, 3.05) is 5.32 Å². The highest BCUT2D eigenvalue weighted by molar-refractivity contribution is 5.98. The number of hydrogen-bond acceptors (Lipinski definition) is 7. The standard InChI is InChI=1S/C27H28N6O4/c1-15(2)26(34)33-13-21-20(10-16(33)3)25(29-14-28-21)36-19-6-7-22-18(11-19)8-9-32(22)27(35)30-24-12-23(37-31-24)17-4-5-17/h6-9,11-12,14-17H,4-5,10,13H2,1-3H3,(H,30,31,35). The summed E-state index contributed by atoms with van der Waals surface area (Å²) < 4.78 is 13.0. The molecule has 0 spiro atoms. The molecule has 4 heterocycles. The van der Waals surface area contributed by atoms with Gasteiger partial charge in [-0.2, -0.15) is 0 Å². The molecule has 0 bridgehead atoms. The molecule has 1 fully saturated rings. The third-order valence-corrected chi connectivity index (χ3v) is 6.96. The van der Waals surface area contributed by atoms with Gasteiger partial charge in [-0.15, -0.1) is 0 Å². The highest BCUT2D eigenvalue weighted by Crippen LogP contribution is 2.40. The van der Waals surface area contributed by atoms with Crippen LogP contribution in [0.1, 0.15) is 56.5 Å². The Hall–Kier alpha value is -4.21. The third-order valence-electron chi connectivity index (χ3n) is 6.96. The number of hydrogen-bond donors (Lipinski definition) is 1. The van der Waals surface area contributed by atoms with Crippen LogP contribution in [-0.2, 0) is 17.8 Å². The van der Waals surface area contributed by atoms with Gasteiger partial charge in [-0.05, 0) is 50.5 Å². The van der Waals surface area contributed by atoms with E-state index in [4.69, 9.17) is 9.26 Å². The second-order valence-corrected chi connectivity index (χ2v) is 10.1. The summed E-state index contributed by atoms with van der Waals surface area (Å²) in [6.07, 6.45) is 6.00. The van der Waals surface area contributed by atoms with E-state index in [-0.39, 0.29) is 23.9 Å². The van der Waals surface area contributed by atoms with E-state index < -0.39 is 0 Å². The van der Waals surface area contributed by atoms with E-state index in [1.54, 1.807) is 12.3 Å². The van der Waals surface area contributed by atoms with Gasteiger partial charge in [0, 0.05) is 41.1 Å². The van der Waals surface area contributed by atoms with E-state index >= 15 is 0 Å². The lowest BCUT2D eigenvalue weighted by atomic mass is 9.98. The van der Waals surface area contributed by atoms with Crippen molar-refractivity contribution < 1.29 is 18.8 Å². The van der Waals surface area contributed by atoms with Crippen LogP contribution in [0, 0.1) is 5.92 Å². The Morgan fingerprint density at radius 3 is 2.78 bits per heavy atom. The van der Waals surface area contributed by atoms with Gasteiger partial charge in [0.25, 0.3) is 0 Å². The van der Waals surface area contributed by atoms with E-state index in [0.29, 0.717) is 36.3 Å². The van der Waals surface area contributed by atoms with Gasteiger partial charge in [0.05, 0.1) is 17.8 Å². The van der Waals surface area contributed by atoms with Crippen molar-refractivity contribution in [3.63, 3.8) is 0 Å². The van der Waals surface area contributed by atoms with E-state index in [9.17, 15) is 9.59 Å². The van der Waals surface area contributed by atoms with Crippen LogP contribution in [0.3, 0.4) is 0 Å². The third kappa shape index (κ3) is 4.43. The zero-order valence-corrected chi connectivity index (χ0v) is 21.0. The number of benzene rings is 1. The summed E-state index contributed by atoms with van der Waals surface area (Å²) in [6, 6.07) is 8.86. The maximum atomic E-state index is 12.9. The van der Waals surface area contributed by atoms with Crippen molar-refractivity contribution in [3.8, 4) is 11.6 Å². The Morgan fingerprint density at radius 2 is 2.00 bits per heavy atom. The summed E-state index contributed by atoms with van der Waals surface area (Å²) in [5.74, 6) is 2.78. The van der Waals surface area contributed by atoms with Gasteiger partial charge in [0.1, 0.15) is 17.8 Å².